The smallest absolute Gasteiger partial charge is 0.257 e. The lowest BCUT2D eigenvalue weighted by Gasteiger charge is -2.57. The van der Waals surface area contributed by atoms with E-state index in [9.17, 15) is 9.18 Å². The van der Waals surface area contributed by atoms with Crippen molar-refractivity contribution in [1.82, 2.24) is 5.32 Å². The van der Waals surface area contributed by atoms with E-state index in [0.717, 1.165) is 30.7 Å². The van der Waals surface area contributed by atoms with Crippen LogP contribution in [0.1, 0.15) is 44.9 Å². The molecule has 0 aromatic heterocycles. The van der Waals surface area contributed by atoms with Gasteiger partial charge in [0.15, 0.2) is 6.61 Å². The van der Waals surface area contributed by atoms with Crippen molar-refractivity contribution in [2.45, 2.75) is 44.9 Å². The van der Waals surface area contributed by atoms with Crippen LogP contribution in [0.3, 0.4) is 0 Å². The molecule has 1 amide bonds. The van der Waals surface area contributed by atoms with Crippen LogP contribution in [0.4, 0.5) is 4.39 Å². The number of hydrogen-bond donors (Lipinski definition) is 1. The van der Waals surface area contributed by atoms with Gasteiger partial charge < -0.3 is 10.1 Å². The molecule has 0 radical (unpaired) electrons. The van der Waals surface area contributed by atoms with Crippen molar-refractivity contribution in [3.63, 3.8) is 0 Å². The van der Waals surface area contributed by atoms with Crippen LogP contribution >= 0.6 is 0 Å². The molecule has 24 heavy (non-hydrogen) atoms. The second-order valence-corrected chi connectivity index (χ2v) is 8.26. The Morgan fingerprint density at radius 1 is 1.17 bits per heavy atom. The predicted octanol–water partition coefficient (Wildman–Crippen LogP) is 3.93. The Bertz CT molecular complexity index is 580. The molecular formula is C20H26FNO2. The average molecular weight is 331 g/mol. The predicted molar refractivity (Wildman–Crippen MR) is 90.1 cm³/mol. The monoisotopic (exact) mass is 331 g/mol. The number of amides is 1. The van der Waals surface area contributed by atoms with Gasteiger partial charge in [-0.15, -0.1) is 0 Å². The fourth-order valence-electron chi connectivity index (χ4n) is 5.82. The Morgan fingerprint density at radius 2 is 1.83 bits per heavy atom. The van der Waals surface area contributed by atoms with Crippen LogP contribution in [-0.4, -0.2) is 19.1 Å². The third-order valence-corrected chi connectivity index (χ3v) is 6.31. The van der Waals surface area contributed by atoms with E-state index in [-0.39, 0.29) is 18.3 Å². The zero-order valence-corrected chi connectivity index (χ0v) is 14.1. The summed E-state index contributed by atoms with van der Waals surface area (Å²) in [6.45, 7) is 0.682. The summed E-state index contributed by atoms with van der Waals surface area (Å²) in [6.07, 6.45) is 9.56. The molecule has 0 saturated heterocycles. The van der Waals surface area contributed by atoms with Crippen LogP contribution in [0.15, 0.2) is 24.3 Å². The second kappa shape index (κ2) is 6.38. The Morgan fingerprint density at radius 3 is 2.46 bits per heavy atom. The third-order valence-electron chi connectivity index (χ3n) is 6.31. The number of halogens is 1. The molecule has 5 rings (SSSR count). The number of nitrogens with one attached hydrogen (secondary N) is 1. The fraction of sp³-hybridized carbons (Fsp3) is 0.650. The minimum atomic E-state index is -0.352. The van der Waals surface area contributed by atoms with Crippen molar-refractivity contribution in [3.05, 3.63) is 30.1 Å². The SMILES string of the molecule is O=C(COc1cccc(F)c1)NCCC12CC3CC(CC(C3)C1)C2. The fourth-order valence-corrected chi connectivity index (χ4v) is 5.82. The van der Waals surface area contributed by atoms with Gasteiger partial charge in [0.05, 0.1) is 0 Å². The van der Waals surface area contributed by atoms with Crippen LogP contribution in [0, 0.1) is 29.0 Å². The van der Waals surface area contributed by atoms with E-state index in [0.29, 0.717) is 11.2 Å². The molecule has 0 aliphatic heterocycles. The standard InChI is InChI=1S/C20H26FNO2/c21-17-2-1-3-18(9-17)24-13-19(23)22-5-4-20-10-14-6-15(11-20)8-16(7-14)12-20/h1-3,9,14-16H,4-8,10-13H2,(H,22,23). The summed E-state index contributed by atoms with van der Waals surface area (Å²) in [6, 6.07) is 5.89. The van der Waals surface area contributed by atoms with E-state index < -0.39 is 0 Å². The Balaban J connectivity index is 1.22. The second-order valence-electron chi connectivity index (χ2n) is 8.26. The number of rotatable bonds is 6. The van der Waals surface area contributed by atoms with E-state index in [1.807, 2.05) is 0 Å². The zero-order chi connectivity index (χ0) is 16.6. The van der Waals surface area contributed by atoms with Crippen LogP contribution in [0.2, 0.25) is 0 Å². The summed E-state index contributed by atoms with van der Waals surface area (Å²) >= 11 is 0. The Hall–Kier alpha value is -1.58. The molecule has 4 bridgehead atoms. The lowest BCUT2D eigenvalue weighted by Crippen LogP contribution is -2.47. The normalized spacial score (nSPS) is 33.5. The van der Waals surface area contributed by atoms with Gasteiger partial charge in [0, 0.05) is 12.6 Å². The van der Waals surface area contributed by atoms with Gasteiger partial charge in [-0.05, 0) is 80.2 Å². The highest BCUT2D eigenvalue weighted by molar-refractivity contribution is 5.77. The quantitative estimate of drug-likeness (QED) is 0.858. The van der Waals surface area contributed by atoms with E-state index >= 15 is 0 Å². The highest BCUT2D eigenvalue weighted by atomic mass is 19.1. The maximum atomic E-state index is 13.1. The van der Waals surface area contributed by atoms with Gasteiger partial charge in [0.2, 0.25) is 0 Å². The van der Waals surface area contributed by atoms with Gasteiger partial charge in [-0.25, -0.2) is 4.39 Å². The van der Waals surface area contributed by atoms with Crippen LogP contribution in [-0.2, 0) is 4.79 Å². The third kappa shape index (κ3) is 3.42. The number of benzene rings is 1. The topological polar surface area (TPSA) is 38.3 Å². The van der Waals surface area contributed by atoms with Crippen molar-refractivity contribution in [2.75, 3.05) is 13.2 Å². The number of ether oxygens (including phenoxy) is 1. The number of carbonyl (C=O) groups excluding carboxylic acids is 1. The van der Waals surface area contributed by atoms with Crippen molar-refractivity contribution in [2.24, 2.45) is 23.2 Å². The summed E-state index contributed by atoms with van der Waals surface area (Å²) in [5.41, 5.74) is 0.492. The van der Waals surface area contributed by atoms with E-state index in [4.69, 9.17) is 4.74 Å². The van der Waals surface area contributed by atoms with E-state index in [1.165, 1.54) is 50.7 Å². The Labute approximate surface area is 143 Å². The number of hydrogen-bond acceptors (Lipinski definition) is 2. The molecule has 0 atom stereocenters. The molecule has 130 valence electrons. The van der Waals surface area contributed by atoms with Crippen LogP contribution in [0.5, 0.6) is 5.75 Å². The highest BCUT2D eigenvalue weighted by Crippen LogP contribution is 2.61. The molecule has 0 spiro atoms. The van der Waals surface area contributed by atoms with Gasteiger partial charge in [0.1, 0.15) is 11.6 Å². The summed E-state index contributed by atoms with van der Waals surface area (Å²) in [7, 11) is 0. The zero-order valence-electron chi connectivity index (χ0n) is 14.1. The maximum Gasteiger partial charge on any atom is 0.257 e. The largest absolute Gasteiger partial charge is 0.484 e. The minimum absolute atomic E-state index is 0.0513. The van der Waals surface area contributed by atoms with Gasteiger partial charge in [0.25, 0.3) is 5.91 Å². The van der Waals surface area contributed by atoms with Gasteiger partial charge in [-0.1, -0.05) is 6.07 Å². The molecule has 0 unspecified atom stereocenters. The van der Waals surface area contributed by atoms with Crippen molar-refractivity contribution < 1.29 is 13.9 Å². The average Bonchev–Trinajstić information content (AvgIpc) is 2.51. The molecule has 1 N–H and O–H groups in total. The van der Waals surface area contributed by atoms with Gasteiger partial charge in [-0.3, -0.25) is 4.79 Å². The lowest BCUT2D eigenvalue weighted by atomic mass is 9.49. The molecule has 4 heteroatoms. The summed E-state index contributed by atoms with van der Waals surface area (Å²) in [4.78, 5) is 12.0. The summed E-state index contributed by atoms with van der Waals surface area (Å²) < 4.78 is 18.4. The first-order valence-electron chi connectivity index (χ1n) is 9.25. The molecule has 4 saturated carbocycles. The molecule has 4 aliphatic carbocycles. The van der Waals surface area contributed by atoms with Crippen molar-refractivity contribution >= 4 is 5.91 Å². The Kier molecular flexibility index (Phi) is 4.23. The summed E-state index contributed by atoms with van der Waals surface area (Å²) in [5.74, 6) is 2.76. The molecule has 4 fully saturated rings. The molecule has 3 nitrogen and oxygen atoms in total. The van der Waals surface area contributed by atoms with Crippen molar-refractivity contribution in [1.29, 1.82) is 0 Å². The first kappa shape index (κ1) is 15.9. The molecular weight excluding hydrogens is 305 g/mol. The first-order chi connectivity index (χ1) is 11.6. The maximum absolute atomic E-state index is 13.1. The first-order valence-corrected chi connectivity index (χ1v) is 9.25. The van der Waals surface area contributed by atoms with Gasteiger partial charge in [-0.2, -0.15) is 0 Å². The van der Waals surface area contributed by atoms with Crippen LogP contribution in [0.25, 0.3) is 0 Å². The molecule has 1 aromatic rings. The molecule has 1 aromatic carbocycles. The van der Waals surface area contributed by atoms with E-state index in [1.54, 1.807) is 12.1 Å². The molecule has 4 aliphatic rings. The van der Waals surface area contributed by atoms with E-state index in [2.05, 4.69) is 5.32 Å². The highest BCUT2D eigenvalue weighted by Gasteiger charge is 2.50. The molecule has 0 heterocycles. The van der Waals surface area contributed by atoms with Crippen LogP contribution < -0.4 is 10.1 Å². The summed E-state index contributed by atoms with van der Waals surface area (Å²) in [5, 5.41) is 2.98. The number of carbonyl (C=O) groups is 1. The minimum Gasteiger partial charge on any atom is -0.484 e. The van der Waals surface area contributed by atoms with Gasteiger partial charge >= 0.3 is 0 Å². The lowest BCUT2D eigenvalue weighted by molar-refractivity contribution is -0.123. The van der Waals surface area contributed by atoms with Crippen molar-refractivity contribution in [3.8, 4) is 5.75 Å².